The van der Waals surface area contributed by atoms with E-state index in [4.69, 9.17) is 4.74 Å². The Balaban J connectivity index is 1.83. The molecule has 0 saturated carbocycles. The summed E-state index contributed by atoms with van der Waals surface area (Å²) in [4.78, 5) is 34.4. The molecule has 1 saturated heterocycles. The van der Waals surface area contributed by atoms with Crippen LogP contribution in [0.5, 0.6) is 5.88 Å². The fraction of sp³-hybridized carbons (Fsp3) is 0.368. The van der Waals surface area contributed by atoms with Crippen LogP contribution < -0.4 is 10.1 Å². The molecule has 0 spiro atoms. The molecule has 1 N–H and O–H groups in total. The van der Waals surface area contributed by atoms with Crippen LogP contribution >= 0.6 is 0 Å². The number of methoxy groups -OCH3 is 1. The van der Waals surface area contributed by atoms with E-state index in [1.807, 2.05) is 17.0 Å². The third-order valence-corrected chi connectivity index (χ3v) is 4.45. The molecule has 7 nitrogen and oxygen atoms in total. The quantitative estimate of drug-likeness (QED) is 0.889. The van der Waals surface area contributed by atoms with Crippen molar-refractivity contribution in [2.75, 3.05) is 13.7 Å². The lowest BCUT2D eigenvalue weighted by Gasteiger charge is -2.26. The van der Waals surface area contributed by atoms with Gasteiger partial charge in [-0.2, -0.15) is 0 Å². The average molecular weight is 354 g/mol. The van der Waals surface area contributed by atoms with Gasteiger partial charge in [-0.05, 0) is 42.7 Å². The van der Waals surface area contributed by atoms with Gasteiger partial charge in [0, 0.05) is 25.9 Å². The molecular weight excluding hydrogens is 332 g/mol. The summed E-state index contributed by atoms with van der Waals surface area (Å²) in [7, 11) is 1.51. The number of carbonyl (C=O) groups is 2. The highest BCUT2D eigenvalue weighted by atomic mass is 16.5. The van der Waals surface area contributed by atoms with E-state index in [9.17, 15) is 9.59 Å². The second-order valence-corrected chi connectivity index (χ2v) is 6.21. The minimum absolute atomic E-state index is 0.0218. The van der Waals surface area contributed by atoms with Crippen molar-refractivity contribution in [2.45, 2.75) is 32.4 Å². The Kier molecular flexibility index (Phi) is 5.46. The first-order chi connectivity index (χ1) is 12.6. The minimum Gasteiger partial charge on any atom is -0.480 e. The summed E-state index contributed by atoms with van der Waals surface area (Å²) < 4.78 is 5.23. The van der Waals surface area contributed by atoms with Gasteiger partial charge in [-0.15, -0.1) is 0 Å². The van der Waals surface area contributed by atoms with Crippen LogP contribution in [-0.2, 0) is 11.3 Å². The molecular formula is C19H22N4O3. The number of rotatable bonds is 5. The van der Waals surface area contributed by atoms with Gasteiger partial charge >= 0.3 is 0 Å². The van der Waals surface area contributed by atoms with Gasteiger partial charge in [0.2, 0.25) is 11.8 Å². The molecule has 1 aliphatic rings. The summed E-state index contributed by atoms with van der Waals surface area (Å²) >= 11 is 0. The number of likely N-dealkylation sites (tertiary alicyclic amines) is 1. The van der Waals surface area contributed by atoms with Crippen molar-refractivity contribution >= 4 is 11.8 Å². The third kappa shape index (κ3) is 3.82. The molecule has 3 heterocycles. The molecule has 1 aliphatic heterocycles. The molecule has 2 aromatic heterocycles. The molecule has 1 fully saturated rings. The number of nitrogens with zero attached hydrogens (tertiary/aromatic N) is 3. The predicted molar refractivity (Wildman–Crippen MR) is 95.6 cm³/mol. The van der Waals surface area contributed by atoms with Crippen molar-refractivity contribution in [3.8, 4) is 5.88 Å². The molecule has 0 unspecified atom stereocenters. The summed E-state index contributed by atoms with van der Waals surface area (Å²) in [6.45, 7) is 2.54. The highest BCUT2D eigenvalue weighted by Gasteiger charge is 2.32. The van der Waals surface area contributed by atoms with E-state index in [1.165, 1.54) is 14.0 Å². The van der Waals surface area contributed by atoms with Crippen LogP contribution in [0.3, 0.4) is 0 Å². The second kappa shape index (κ2) is 7.95. The number of hydrogen-bond donors (Lipinski definition) is 1. The third-order valence-electron chi connectivity index (χ3n) is 4.45. The van der Waals surface area contributed by atoms with Crippen molar-refractivity contribution in [1.29, 1.82) is 0 Å². The smallest absolute Gasteiger partial charge is 0.259 e. The Bertz CT molecular complexity index is 809. The molecule has 2 amide bonds. The first-order valence-corrected chi connectivity index (χ1v) is 8.59. The van der Waals surface area contributed by atoms with Gasteiger partial charge in [0.1, 0.15) is 5.56 Å². The second-order valence-electron chi connectivity index (χ2n) is 6.21. The van der Waals surface area contributed by atoms with Crippen LogP contribution in [0, 0.1) is 0 Å². The van der Waals surface area contributed by atoms with Crippen LogP contribution in [0.4, 0.5) is 0 Å². The maximum absolute atomic E-state index is 13.0. The normalized spacial score (nSPS) is 16.4. The van der Waals surface area contributed by atoms with Crippen molar-refractivity contribution < 1.29 is 14.3 Å². The van der Waals surface area contributed by atoms with Gasteiger partial charge in [-0.1, -0.05) is 0 Å². The van der Waals surface area contributed by atoms with E-state index in [0.717, 1.165) is 24.1 Å². The van der Waals surface area contributed by atoms with Crippen LogP contribution in [0.2, 0.25) is 0 Å². The van der Waals surface area contributed by atoms with Gasteiger partial charge in [-0.25, -0.2) is 4.98 Å². The number of pyridine rings is 2. The van der Waals surface area contributed by atoms with E-state index in [1.54, 1.807) is 24.5 Å². The van der Waals surface area contributed by atoms with Crippen LogP contribution in [0.15, 0.2) is 36.7 Å². The van der Waals surface area contributed by atoms with Crippen LogP contribution in [0.25, 0.3) is 0 Å². The lowest BCUT2D eigenvalue weighted by Crippen LogP contribution is -2.31. The molecule has 2 aromatic rings. The standard InChI is InChI=1S/C19H22N4O3/c1-13(24)22-12-15-11-14(7-9-20-15)17-6-4-10-23(17)19(25)16-5-3-8-21-18(16)26-2/h3,5,7-9,11,17H,4,6,10,12H2,1-2H3,(H,22,24)/t17-/m1/s1. The van der Waals surface area contributed by atoms with Crippen LogP contribution in [-0.4, -0.2) is 40.3 Å². The van der Waals surface area contributed by atoms with Crippen molar-refractivity contribution in [1.82, 2.24) is 20.2 Å². The molecule has 136 valence electrons. The average Bonchev–Trinajstić information content (AvgIpc) is 3.16. The van der Waals surface area contributed by atoms with Gasteiger partial charge in [0.25, 0.3) is 5.91 Å². The van der Waals surface area contributed by atoms with Gasteiger partial charge < -0.3 is 15.0 Å². The molecule has 1 atom stereocenters. The SMILES string of the molecule is COc1ncccc1C(=O)N1CCC[C@@H]1c1ccnc(CNC(C)=O)c1. The Labute approximate surface area is 152 Å². The van der Waals surface area contributed by atoms with Gasteiger partial charge in [0.15, 0.2) is 0 Å². The van der Waals surface area contributed by atoms with E-state index in [0.29, 0.717) is 24.5 Å². The first kappa shape index (κ1) is 17.8. The maximum Gasteiger partial charge on any atom is 0.259 e. The Hall–Kier alpha value is -2.96. The predicted octanol–water partition coefficient (Wildman–Crippen LogP) is 2.10. The number of ether oxygens (including phenoxy) is 1. The van der Waals surface area contributed by atoms with Crippen molar-refractivity contribution in [3.05, 3.63) is 53.5 Å². The summed E-state index contributed by atoms with van der Waals surface area (Å²) in [5, 5.41) is 2.75. The Morgan fingerprint density at radius 2 is 2.15 bits per heavy atom. The monoisotopic (exact) mass is 354 g/mol. The summed E-state index contributed by atoms with van der Waals surface area (Å²) in [5.74, 6) is 0.153. The number of amides is 2. The zero-order chi connectivity index (χ0) is 18.5. The molecule has 26 heavy (non-hydrogen) atoms. The van der Waals surface area contributed by atoms with Crippen LogP contribution in [0.1, 0.15) is 47.4 Å². The zero-order valence-corrected chi connectivity index (χ0v) is 14.9. The summed E-state index contributed by atoms with van der Waals surface area (Å²) in [6.07, 6.45) is 5.15. The largest absolute Gasteiger partial charge is 0.480 e. The van der Waals surface area contributed by atoms with E-state index < -0.39 is 0 Å². The molecule has 3 rings (SSSR count). The number of nitrogens with one attached hydrogen (secondary N) is 1. The van der Waals surface area contributed by atoms with Gasteiger partial charge in [-0.3, -0.25) is 14.6 Å². The van der Waals surface area contributed by atoms with Gasteiger partial charge in [0.05, 0.1) is 25.4 Å². The first-order valence-electron chi connectivity index (χ1n) is 8.59. The topological polar surface area (TPSA) is 84.4 Å². The Morgan fingerprint density at radius 3 is 2.92 bits per heavy atom. The van der Waals surface area contributed by atoms with E-state index >= 15 is 0 Å². The van der Waals surface area contributed by atoms with Crippen molar-refractivity contribution in [3.63, 3.8) is 0 Å². The fourth-order valence-electron chi connectivity index (χ4n) is 3.24. The maximum atomic E-state index is 13.0. The highest BCUT2D eigenvalue weighted by Crippen LogP contribution is 2.34. The molecule has 0 bridgehead atoms. The Morgan fingerprint density at radius 1 is 1.31 bits per heavy atom. The summed E-state index contributed by atoms with van der Waals surface area (Å²) in [6, 6.07) is 7.32. The van der Waals surface area contributed by atoms with E-state index in [2.05, 4.69) is 15.3 Å². The molecule has 0 aromatic carbocycles. The van der Waals surface area contributed by atoms with E-state index in [-0.39, 0.29) is 17.9 Å². The minimum atomic E-state index is -0.0986. The lowest BCUT2D eigenvalue weighted by atomic mass is 10.0. The number of hydrogen-bond acceptors (Lipinski definition) is 5. The number of aromatic nitrogens is 2. The highest BCUT2D eigenvalue weighted by molar-refractivity contribution is 5.96. The number of carbonyl (C=O) groups excluding carboxylic acids is 2. The molecule has 7 heteroatoms. The fourth-order valence-corrected chi connectivity index (χ4v) is 3.24. The molecule has 0 aliphatic carbocycles. The lowest BCUT2D eigenvalue weighted by molar-refractivity contribution is -0.119. The summed E-state index contributed by atoms with van der Waals surface area (Å²) in [5.41, 5.74) is 2.26. The molecule has 0 radical (unpaired) electrons. The zero-order valence-electron chi connectivity index (χ0n) is 14.9. The van der Waals surface area contributed by atoms with Crippen molar-refractivity contribution in [2.24, 2.45) is 0 Å².